The smallest absolute Gasteiger partial charge is 0.187 e. The van der Waals surface area contributed by atoms with E-state index in [1.807, 2.05) is 12.1 Å². The molecule has 3 unspecified atom stereocenters. The second kappa shape index (κ2) is 5.59. The number of hydrogen-bond donors (Lipinski definition) is 1. The van der Waals surface area contributed by atoms with Crippen molar-refractivity contribution in [3.05, 3.63) is 23.8 Å². The number of methoxy groups -OCH3 is 2. The van der Waals surface area contributed by atoms with E-state index < -0.39 is 5.72 Å². The van der Waals surface area contributed by atoms with Gasteiger partial charge < -0.3 is 24.4 Å². The maximum atomic E-state index is 6.42. The van der Waals surface area contributed by atoms with Crippen molar-refractivity contribution in [1.82, 2.24) is 10.2 Å². The summed E-state index contributed by atoms with van der Waals surface area (Å²) in [6.45, 7) is 5.54. The van der Waals surface area contributed by atoms with E-state index in [1.54, 1.807) is 14.2 Å². The Morgan fingerprint density at radius 2 is 2.18 bits per heavy atom. The molecule has 5 nitrogen and oxygen atoms in total. The zero-order valence-electron chi connectivity index (χ0n) is 13.4. The maximum absolute atomic E-state index is 6.42. The van der Waals surface area contributed by atoms with Crippen molar-refractivity contribution >= 4 is 17.3 Å². The first-order valence-corrected chi connectivity index (χ1v) is 7.86. The molecule has 0 aromatic heterocycles. The lowest BCUT2D eigenvalue weighted by atomic mass is 9.81. The Balaban J connectivity index is 2.06. The summed E-state index contributed by atoms with van der Waals surface area (Å²) in [5.74, 6) is 1.78. The fraction of sp³-hybridized carbons (Fsp3) is 0.562. The summed E-state index contributed by atoms with van der Waals surface area (Å²) in [4.78, 5) is 2.07. The Morgan fingerprint density at radius 3 is 2.86 bits per heavy atom. The molecule has 2 heterocycles. The minimum absolute atomic E-state index is 0.121. The van der Waals surface area contributed by atoms with E-state index in [2.05, 4.69) is 30.1 Å². The van der Waals surface area contributed by atoms with Crippen LogP contribution < -0.4 is 14.8 Å². The maximum Gasteiger partial charge on any atom is 0.187 e. The van der Waals surface area contributed by atoms with E-state index >= 15 is 0 Å². The van der Waals surface area contributed by atoms with Crippen molar-refractivity contribution in [2.45, 2.75) is 25.6 Å². The number of hydrogen-bond acceptors (Lipinski definition) is 4. The van der Waals surface area contributed by atoms with Gasteiger partial charge in [0.2, 0.25) is 0 Å². The SMILES string of the molecule is COCCN1C(=S)NC2c3cccc(OC)c3OC1(C)C2C. The summed E-state index contributed by atoms with van der Waals surface area (Å²) < 4.78 is 17.1. The van der Waals surface area contributed by atoms with Crippen LogP contribution in [0.2, 0.25) is 0 Å². The highest BCUT2D eigenvalue weighted by molar-refractivity contribution is 7.80. The largest absolute Gasteiger partial charge is 0.493 e. The van der Waals surface area contributed by atoms with Gasteiger partial charge in [0.15, 0.2) is 22.3 Å². The molecule has 0 saturated carbocycles. The quantitative estimate of drug-likeness (QED) is 0.858. The van der Waals surface area contributed by atoms with Crippen LogP contribution in [0.5, 0.6) is 11.5 Å². The van der Waals surface area contributed by atoms with Gasteiger partial charge >= 0.3 is 0 Å². The lowest BCUT2D eigenvalue weighted by Gasteiger charge is -2.56. The van der Waals surface area contributed by atoms with Crippen LogP contribution >= 0.6 is 12.2 Å². The molecule has 1 N–H and O–H groups in total. The second-order valence-electron chi connectivity index (χ2n) is 5.90. The molecule has 2 bridgehead atoms. The molecular formula is C16H22N2O3S. The molecule has 2 aliphatic heterocycles. The predicted octanol–water partition coefficient (Wildman–Crippen LogP) is 2.32. The first kappa shape index (κ1) is 15.4. The molecular weight excluding hydrogens is 300 g/mol. The molecule has 1 aromatic carbocycles. The van der Waals surface area contributed by atoms with Crippen LogP contribution in [0.3, 0.4) is 0 Å². The van der Waals surface area contributed by atoms with Crippen LogP contribution in [0, 0.1) is 5.92 Å². The molecule has 3 rings (SSSR count). The Hall–Kier alpha value is -1.53. The molecule has 0 aliphatic carbocycles. The summed E-state index contributed by atoms with van der Waals surface area (Å²) in [6, 6.07) is 6.10. The average molecular weight is 322 g/mol. The number of fused-ring (bicyclic) bond motifs is 4. The van der Waals surface area contributed by atoms with Gasteiger partial charge in [0.25, 0.3) is 0 Å². The zero-order valence-corrected chi connectivity index (χ0v) is 14.2. The van der Waals surface area contributed by atoms with Crippen molar-refractivity contribution in [3.63, 3.8) is 0 Å². The molecule has 3 atom stereocenters. The third-order valence-electron chi connectivity index (χ3n) is 4.80. The van der Waals surface area contributed by atoms with Crippen molar-refractivity contribution in [2.75, 3.05) is 27.4 Å². The Morgan fingerprint density at radius 1 is 1.41 bits per heavy atom. The van der Waals surface area contributed by atoms with E-state index in [9.17, 15) is 0 Å². The van der Waals surface area contributed by atoms with Gasteiger partial charge in [-0.25, -0.2) is 0 Å². The van der Waals surface area contributed by atoms with Gasteiger partial charge in [0, 0.05) is 25.1 Å². The highest BCUT2D eigenvalue weighted by Gasteiger charge is 2.53. The van der Waals surface area contributed by atoms with Gasteiger partial charge in [-0.3, -0.25) is 0 Å². The molecule has 6 heteroatoms. The predicted molar refractivity (Wildman–Crippen MR) is 88.2 cm³/mol. The van der Waals surface area contributed by atoms with E-state index in [0.29, 0.717) is 18.3 Å². The molecule has 1 aromatic rings. The fourth-order valence-electron chi connectivity index (χ4n) is 3.35. The molecule has 22 heavy (non-hydrogen) atoms. The van der Waals surface area contributed by atoms with Gasteiger partial charge in [-0.2, -0.15) is 0 Å². The molecule has 1 saturated heterocycles. The highest BCUT2D eigenvalue weighted by atomic mass is 32.1. The average Bonchev–Trinajstić information content (AvgIpc) is 2.50. The van der Waals surface area contributed by atoms with Crippen molar-refractivity contribution < 1.29 is 14.2 Å². The van der Waals surface area contributed by atoms with E-state index in [0.717, 1.165) is 17.1 Å². The molecule has 0 radical (unpaired) electrons. The third-order valence-corrected chi connectivity index (χ3v) is 5.14. The van der Waals surface area contributed by atoms with Crippen molar-refractivity contribution in [1.29, 1.82) is 0 Å². The molecule has 120 valence electrons. The number of ether oxygens (including phenoxy) is 3. The Labute approximate surface area is 136 Å². The number of benzene rings is 1. The highest BCUT2D eigenvalue weighted by Crippen LogP contribution is 2.50. The lowest BCUT2D eigenvalue weighted by Crippen LogP contribution is -2.69. The van der Waals surface area contributed by atoms with Crippen LogP contribution in [0.4, 0.5) is 0 Å². The van der Waals surface area contributed by atoms with E-state index in [-0.39, 0.29) is 12.0 Å². The first-order valence-electron chi connectivity index (χ1n) is 7.46. The topological polar surface area (TPSA) is 43.0 Å². The number of nitrogens with zero attached hydrogens (tertiary/aromatic N) is 1. The van der Waals surface area contributed by atoms with Crippen LogP contribution in [-0.2, 0) is 4.74 Å². The van der Waals surface area contributed by atoms with Crippen LogP contribution in [0.1, 0.15) is 25.5 Å². The Bertz CT molecular complexity index is 595. The normalized spacial score (nSPS) is 29.5. The van der Waals surface area contributed by atoms with Gasteiger partial charge in [-0.15, -0.1) is 0 Å². The number of rotatable bonds is 4. The van der Waals surface area contributed by atoms with Crippen LogP contribution in [0.25, 0.3) is 0 Å². The molecule has 1 fully saturated rings. The second-order valence-corrected chi connectivity index (χ2v) is 6.28. The van der Waals surface area contributed by atoms with Gasteiger partial charge in [-0.1, -0.05) is 19.1 Å². The van der Waals surface area contributed by atoms with Gasteiger partial charge in [0.1, 0.15) is 0 Å². The monoisotopic (exact) mass is 322 g/mol. The summed E-state index contributed by atoms with van der Waals surface area (Å²) in [5.41, 5.74) is 0.575. The van der Waals surface area contributed by atoms with Gasteiger partial charge in [0.05, 0.1) is 19.8 Å². The Kier molecular flexibility index (Phi) is 3.91. The van der Waals surface area contributed by atoms with Crippen molar-refractivity contribution in [3.8, 4) is 11.5 Å². The third kappa shape index (κ3) is 2.13. The lowest BCUT2D eigenvalue weighted by molar-refractivity contribution is -0.115. The minimum Gasteiger partial charge on any atom is -0.493 e. The van der Waals surface area contributed by atoms with Gasteiger partial charge in [-0.05, 0) is 25.2 Å². The standard InChI is InChI=1S/C16H22N2O3S/c1-10-13-11-6-5-7-12(20-4)14(11)21-16(10,2)18(8-9-19-3)15(22)17-13/h5-7,10,13H,8-9H2,1-4H3,(H,17,22). The number of nitrogens with one attached hydrogen (secondary N) is 1. The fourth-order valence-corrected chi connectivity index (χ4v) is 3.75. The molecule has 2 aliphatic rings. The number of thiocarbonyl (C=S) groups is 1. The molecule has 0 spiro atoms. The van der Waals surface area contributed by atoms with Crippen LogP contribution in [-0.4, -0.2) is 43.1 Å². The van der Waals surface area contributed by atoms with Crippen molar-refractivity contribution in [2.24, 2.45) is 5.92 Å². The van der Waals surface area contributed by atoms with E-state index in [1.165, 1.54) is 0 Å². The van der Waals surface area contributed by atoms with Crippen LogP contribution in [0.15, 0.2) is 18.2 Å². The molecule has 0 amide bonds. The first-order chi connectivity index (χ1) is 10.5. The minimum atomic E-state index is -0.521. The zero-order chi connectivity index (χ0) is 15.9. The summed E-state index contributed by atoms with van der Waals surface area (Å²) in [5, 5.41) is 4.16. The summed E-state index contributed by atoms with van der Waals surface area (Å²) in [6.07, 6.45) is 0. The summed E-state index contributed by atoms with van der Waals surface area (Å²) in [7, 11) is 3.35. The number of para-hydroxylation sites is 1. The van der Waals surface area contributed by atoms with E-state index in [4.69, 9.17) is 26.4 Å². The summed E-state index contributed by atoms with van der Waals surface area (Å²) >= 11 is 5.56.